The highest BCUT2D eigenvalue weighted by Crippen LogP contribution is 2.55. The van der Waals surface area contributed by atoms with E-state index in [0.717, 1.165) is 11.4 Å². The van der Waals surface area contributed by atoms with E-state index in [1.807, 2.05) is 0 Å². The van der Waals surface area contributed by atoms with Crippen molar-refractivity contribution in [2.75, 3.05) is 5.32 Å². The maximum Gasteiger partial charge on any atom is 0.197 e. The van der Waals surface area contributed by atoms with Gasteiger partial charge < -0.3 is 9.88 Å². The highest BCUT2D eigenvalue weighted by Gasteiger charge is 2.41. The van der Waals surface area contributed by atoms with E-state index in [1.54, 1.807) is 0 Å². The van der Waals surface area contributed by atoms with Crippen LogP contribution >= 0.6 is 0 Å². The van der Waals surface area contributed by atoms with Gasteiger partial charge >= 0.3 is 0 Å². The fourth-order valence-electron chi connectivity index (χ4n) is 13.0. The molecule has 9 aromatic rings. The van der Waals surface area contributed by atoms with Crippen LogP contribution in [0.15, 0.2) is 140 Å². The summed E-state index contributed by atoms with van der Waals surface area (Å²) < 4.78 is 2.64. The Hall–Kier alpha value is -6.58. The third-order valence-corrected chi connectivity index (χ3v) is 16.9. The van der Waals surface area contributed by atoms with Crippen LogP contribution in [0.1, 0.15) is 128 Å². The van der Waals surface area contributed by atoms with Crippen LogP contribution in [0, 0.1) is 0 Å². The fraction of sp³-hybridized carbons (Fsp3) is 0.262. The number of benzene rings is 8. The SMILES string of the molecule is CC(C)(C)c1ccc(Nc2cc3c(cc2-c2ccc4c5cc6c(cc5n5c4c2[B]c2cc4c(cc2-5)-c2ccccc2C4(C)C)C(C)(C)c2ccccc2-6)-c2ccc(C(C)(C)C)cc2C3(C)C)cc1. The summed E-state index contributed by atoms with van der Waals surface area (Å²) in [5.41, 5.74) is 29.9. The summed E-state index contributed by atoms with van der Waals surface area (Å²) in [6.07, 6.45) is 0. The molecule has 0 spiro atoms. The lowest BCUT2D eigenvalue weighted by Crippen LogP contribution is -2.38. The topological polar surface area (TPSA) is 17.0 Å². The number of aromatic nitrogens is 1. The Morgan fingerprint density at radius 1 is 0.426 bits per heavy atom. The first-order valence-electron chi connectivity index (χ1n) is 24.8. The van der Waals surface area contributed by atoms with Gasteiger partial charge in [-0.05, 0) is 142 Å². The van der Waals surface area contributed by atoms with Crippen molar-refractivity contribution in [3.63, 3.8) is 0 Å². The van der Waals surface area contributed by atoms with Gasteiger partial charge in [0.05, 0.1) is 5.52 Å². The first-order valence-corrected chi connectivity index (χ1v) is 24.8. The van der Waals surface area contributed by atoms with Crippen molar-refractivity contribution >= 4 is 51.4 Å². The van der Waals surface area contributed by atoms with Crippen LogP contribution in [-0.4, -0.2) is 11.8 Å². The quantitative estimate of drug-likeness (QED) is 0.175. The van der Waals surface area contributed by atoms with Crippen molar-refractivity contribution < 1.29 is 0 Å². The lowest BCUT2D eigenvalue weighted by molar-refractivity contribution is 0.584. The number of anilines is 2. The summed E-state index contributed by atoms with van der Waals surface area (Å²) in [5.74, 6) is 0. The van der Waals surface area contributed by atoms with Crippen molar-refractivity contribution in [3.8, 4) is 50.2 Å². The highest BCUT2D eigenvalue weighted by atomic mass is 15.0. The largest absolute Gasteiger partial charge is 0.355 e. The van der Waals surface area contributed by atoms with Crippen LogP contribution in [0.3, 0.4) is 0 Å². The zero-order valence-electron chi connectivity index (χ0n) is 41.8. The summed E-state index contributed by atoms with van der Waals surface area (Å²) in [4.78, 5) is 0. The van der Waals surface area contributed by atoms with Gasteiger partial charge in [-0.3, -0.25) is 0 Å². The number of nitrogens with one attached hydrogen (secondary N) is 1. The van der Waals surface area contributed by atoms with Crippen LogP contribution in [0.2, 0.25) is 0 Å². The van der Waals surface area contributed by atoms with Gasteiger partial charge in [-0.25, -0.2) is 0 Å². The molecular weight excluding hydrogens is 820 g/mol. The van der Waals surface area contributed by atoms with E-state index in [9.17, 15) is 0 Å². The summed E-state index contributed by atoms with van der Waals surface area (Å²) in [7, 11) is 2.53. The van der Waals surface area contributed by atoms with E-state index in [1.165, 1.54) is 127 Å². The van der Waals surface area contributed by atoms with Crippen molar-refractivity contribution in [1.29, 1.82) is 0 Å². The van der Waals surface area contributed by atoms with Gasteiger partial charge in [0.2, 0.25) is 0 Å². The third kappa shape index (κ3) is 5.54. The van der Waals surface area contributed by atoms with Gasteiger partial charge in [0.25, 0.3) is 0 Å². The van der Waals surface area contributed by atoms with Gasteiger partial charge in [0.1, 0.15) is 0 Å². The number of nitrogens with zero attached hydrogens (tertiary/aromatic N) is 1. The molecule has 0 unspecified atom stereocenters. The first kappa shape index (κ1) is 41.6. The van der Waals surface area contributed by atoms with Crippen molar-refractivity contribution in [3.05, 3.63) is 184 Å². The maximum atomic E-state index is 4.04. The highest BCUT2D eigenvalue weighted by molar-refractivity contribution is 6.73. The molecule has 8 aromatic carbocycles. The molecule has 1 aromatic heterocycles. The molecule has 0 amide bonds. The molecule has 2 nitrogen and oxygen atoms in total. The fourth-order valence-corrected chi connectivity index (χ4v) is 13.0. The molecule has 3 aliphatic carbocycles. The van der Waals surface area contributed by atoms with Crippen LogP contribution in [0.4, 0.5) is 11.4 Å². The summed E-state index contributed by atoms with van der Waals surface area (Å²) in [5, 5.41) is 6.64. The molecule has 1 radical (unpaired) electrons. The molecule has 0 atom stereocenters. The molecule has 4 aliphatic rings. The molecule has 3 heteroatoms. The zero-order chi connectivity index (χ0) is 47.2. The molecule has 13 rings (SSSR count). The first-order chi connectivity index (χ1) is 32.2. The van der Waals surface area contributed by atoms with E-state index in [2.05, 4.69) is 240 Å². The monoisotopic (exact) mass is 879 g/mol. The van der Waals surface area contributed by atoms with Crippen LogP contribution in [0.5, 0.6) is 0 Å². The van der Waals surface area contributed by atoms with Gasteiger partial charge in [-0.1, -0.05) is 186 Å². The van der Waals surface area contributed by atoms with E-state index in [4.69, 9.17) is 0 Å². The Morgan fingerprint density at radius 2 is 0.956 bits per heavy atom. The molecule has 1 aliphatic heterocycles. The number of hydrogen-bond donors (Lipinski definition) is 1. The van der Waals surface area contributed by atoms with Gasteiger partial charge in [0.15, 0.2) is 7.28 Å². The van der Waals surface area contributed by atoms with Crippen LogP contribution in [0.25, 0.3) is 72.0 Å². The van der Waals surface area contributed by atoms with Crippen LogP contribution in [-0.2, 0) is 27.1 Å². The minimum atomic E-state index is -0.176. The van der Waals surface area contributed by atoms with E-state index < -0.39 is 0 Å². The Labute approximate surface area is 403 Å². The summed E-state index contributed by atoms with van der Waals surface area (Å²) >= 11 is 0. The Morgan fingerprint density at radius 3 is 1.62 bits per heavy atom. The molecule has 333 valence electrons. The number of rotatable bonds is 3. The Balaban J connectivity index is 1.10. The number of fused-ring (bicyclic) bond motifs is 14. The predicted molar refractivity (Wildman–Crippen MR) is 291 cm³/mol. The number of hydrogen-bond acceptors (Lipinski definition) is 1. The standard InChI is InChI=1S/C65H60BN2/c1-61(2,3)36-21-24-38(25-22-36)67-56-34-53-44(41-26-23-37(62(4,5)6)29-51(41)65(53,11)12)30-47(56)42-27-28-43-48-31-45-39-17-13-15-19-49(39)64(9,10)54(45)35-57(48)68-58-32-46-40-18-14-16-20-50(40)63(7,8)52(46)33-55(58)66-59(42)60(43)68/h13-35,67H,1-12H3. The molecule has 0 saturated heterocycles. The van der Waals surface area contributed by atoms with Gasteiger partial charge in [0, 0.05) is 55.2 Å². The summed E-state index contributed by atoms with van der Waals surface area (Å²) in [6, 6.07) is 54.5. The average molecular weight is 880 g/mol. The van der Waals surface area contributed by atoms with Crippen molar-refractivity contribution in [1.82, 2.24) is 4.57 Å². The van der Waals surface area contributed by atoms with Crippen molar-refractivity contribution in [2.24, 2.45) is 0 Å². The molecular formula is C65H60BN2. The van der Waals surface area contributed by atoms with Gasteiger partial charge in [-0.2, -0.15) is 0 Å². The molecule has 68 heavy (non-hydrogen) atoms. The van der Waals surface area contributed by atoms with E-state index in [-0.39, 0.29) is 27.1 Å². The maximum absolute atomic E-state index is 4.04. The second kappa shape index (κ2) is 13.4. The third-order valence-electron chi connectivity index (χ3n) is 16.9. The lowest BCUT2D eigenvalue weighted by atomic mass is 9.58. The van der Waals surface area contributed by atoms with E-state index in [0.29, 0.717) is 0 Å². The minimum absolute atomic E-state index is 0.0526. The predicted octanol–water partition coefficient (Wildman–Crippen LogP) is 15.7. The average Bonchev–Trinajstić information content (AvgIpc) is 3.91. The Bertz CT molecular complexity index is 3710. The molecule has 2 heterocycles. The minimum Gasteiger partial charge on any atom is -0.355 e. The molecule has 0 bridgehead atoms. The normalized spacial score (nSPS) is 16.1. The molecule has 0 fully saturated rings. The second-order valence-electron chi connectivity index (χ2n) is 24.1. The lowest BCUT2D eigenvalue weighted by Gasteiger charge is -2.28. The zero-order valence-corrected chi connectivity index (χ0v) is 41.8. The smallest absolute Gasteiger partial charge is 0.197 e. The van der Waals surface area contributed by atoms with Gasteiger partial charge in [-0.15, -0.1) is 0 Å². The Kier molecular flexibility index (Phi) is 8.17. The molecule has 1 N–H and O–H groups in total. The van der Waals surface area contributed by atoms with Crippen molar-refractivity contribution in [2.45, 2.75) is 110 Å². The summed E-state index contributed by atoms with van der Waals surface area (Å²) in [6.45, 7) is 28.3. The molecule has 0 saturated carbocycles. The van der Waals surface area contributed by atoms with Crippen LogP contribution < -0.4 is 16.2 Å². The van der Waals surface area contributed by atoms with E-state index >= 15 is 0 Å². The second-order valence-corrected chi connectivity index (χ2v) is 24.1.